The van der Waals surface area contributed by atoms with Crippen LogP contribution in [0.25, 0.3) is 0 Å². The predicted octanol–water partition coefficient (Wildman–Crippen LogP) is 5.71. The van der Waals surface area contributed by atoms with Gasteiger partial charge in [0.1, 0.15) is 18.2 Å². The van der Waals surface area contributed by atoms with E-state index in [9.17, 15) is 14.0 Å². The molecule has 0 fully saturated rings. The number of anilines is 1. The van der Waals surface area contributed by atoms with E-state index in [0.717, 1.165) is 0 Å². The van der Waals surface area contributed by atoms with Gasteiger partial charge in [0, 0.05) is 11.3 Å². The first kappa shape index (κ1) is 27.9. The molecule has 0 bridgehead atoms. The van der Waals surface area contributed by atoms with Crippen molar-refractivity contribution >= 4 is 51.2 Å². The summed E-state index contributed by atoms with van der Waals surface area (Å²) in [5.41, 5.74) is 3.37. The molecule has 0 aliphatic rings. The van der Waals surface area contributed by atoms with Gasteiger partial charge in [-0.3, -0.25) is 9.59 Å². The smallest absolute Gasteiger partial charge is 0.329 e. The van der Waals surface area contributed by atoms with Crippen LogP contribution in [0.5, 0.6) is 17.2 Å². The van der Waals surface area contributed by atoms with Gasteiger partial charge in [0.15, 0.2) is 11.5 Å². The van der Waals surface area contributed by atoms with Crippen LogP contribution < -0.4 is 25.0 Å². The molecule has 11 heteroatoms. The first-order chi connectivity index (χ1) is 17.8. The molecule has 0 saturated heterocycles. The van der Waals surface area contributed by atoms with E-state index in [-0.39, 0.29) is 17.2 Å². The van der Waals surface area contributed by atoms with Crippen LogP contribution in [0.2, 0.25) is 5.02 Å². The standard InChI is InChI=1S/C26H24BrClFN3O5/c1-3-35-18-10-8-17(9-11-18)31-25(33)26(34)32-30-14-16-12-20(27)24(23(13-16)36-4-2)37-15-19-21(28)6-5-7-22(19)29/h5-14H,3-4,15H2,1-2H3,(H,31,33)(H,32,34)/b30-14+. The van der Waals surface area contributed by atoms with Gasteiger partial charge in [0.25, 0.3) is 0 Å². The van der Waals surface area contributed by atoms with Crippen LogP contribution in [0, 0.1) is 5.82 Å². The van der Waals surface area contributed by atoms with Crippen LogP contribution >= 0.6 is 27.5 Å². The molecule has 0 radical (unpaired) electrons. The van der Waals surface area contributed by atoms with Gasteiger partial charge in [0.05, 0.1) is 28.9 Å². The highest BCUT2D eigenvalue weighted by Gasteiger charge is 2.16. The lowest BCUT2D eigenvalue weighted by atomic mass is 10.2. The second-order valence-electron chi connectivity index (χ2n) is 7.36. The van der Waals surface area contributed by atoms with Crippen LogP contribution in [0.15, 0.2) is 64.2 Å². The SMILES string of the molecule is CCOc1ccc(NC(=O)C(=O)N/N=C/c2cc(Br)c(OCc3c(F)cccc3Cl)c(OCC)c2)cc1. The average molecular weight is 593 g/mol. The van der Waals surface area contributed by atoms with E-state index >= 15 is 0 Å². The highest BCUT2D eigenvalue weighted by molar-refractivity contribution is 9.10. The van der Waals surface area contributed by atoms with Gasteiger partial charge in [-0.1, -0.05) is 17.7 Å². The summed E-state index contributed by atoms with van der Waals surface area (Å²) in [7, 11) is 0. The number of benzene rings is 3. The highest BCUT2D eigenvalue weighted by Crippen LogP contribution is 2.37. The largest absolute Gasteiger partial charge is 0.494 e. The van der Waals surface area contributed by atoms with E-state index < -0.39 is 17.6 Å². The lowest BCUT2D eigenvalue weighted by Gasteiger charge is -2.15. The lowest BCUT2D eigenvalue weighted by molar-refractivity contribution is -0.136. The number of hydrazone groups is 1. The van der Waals surface area contributed by atoms with Crippen molar-refractivity contribution in [2.75, 3.05) is 18.5 Å². The van der Waals surface area contributed by atoms with Gasteiger partial charge in [-0.05, 0) is 83.9 Å². The van der Waals surface area contributed by atoms with Crippen LogP contribution in [-0.2, 0) is 16.2 Å². The summed E-state index contributed by atoms with van der Waals surface area (Å²) in [6.45, 7) is 4.41. The number of nitrogens with one attached hydrogen (secondary N) is 2. The number of carbonyl (C=O) groups excluding carboxylic acids is 2. The molecule has 0 aliphatic carbocycles. The Morgan fingerprint density at radius 3 is 2.43 bits per heavy atom. The molecular weight excluding hydrogens is 569 g/mol. The third-order valence-corrected chi connectivity index (χ3v) is 5.71. The van der Waals surface area contributed by atoms with Crippen molar-refractivity contribution in [2.45, 2.75) is 20.5 Å². The fraction of sp³-hybridized carbons (Fsp3) is 0.192. The van der Waals surface area contributed by atoms with Gasteiger partial charge < -0.3 is 19.5 Å². The van der Waals surface area contributed by atoms with E-state index in [1.807, 2.05) is 6.92 Å². The minimum atomic E-state index is -0.948. The predicted molar refractivity (Wildman–Crippen MR) is 143 cm³/mol. The summed E-state index contributed by atoms with van der Waals surface area (Å²) < 4.78 is 31.4. The van der Waals surface area contributed by atoms with E-state index in [2.05, 4.69) is 31.8 Å². The zero-order chi connectivity index (χ0) is 26.8. The van der Waals surface area contributed by atoms with E-state index in [4.69, 9.17) is 25.8 Å². The molecule has 0 spiro atoms. The normalized spacial score (nSPS) is 10.7. The summed E-state index contributed by atoms with van der Waals surface area (Å²) in [4.78, 5) is 24.2. The van der Waals surface area contributed by atoms with E-state index in [0.29, 0.717) is 46.2 Å². The van der Waals surface area contributed by atoms with Gasteiger partial charge >= 0.3 is 11.8 Å². The van der Waals surface area contributed by atoms with Crippen LogP contribution in [0.3, 0.4) is 0 Å². The molecule has 3 aromatic rings. The van der Waals surface area contributed by atoms with Crippen molar-refractivity contribution in [1.29, 1.82) is 0 Å². The molecule has 0 atom stereocenters. The number of amides is 2. The molecule has 2 amide bonds. The number of carbonyl (C=O) groups is 2. The average Bonchev–Trinajstić information content (AvgIpc) is 2.86. The van der Waals surface area contributed by atoms with Gasteiger partial charge in [-0.2, -0.15) is 5.10 Å². The monoisotopic (exact) mass is 591 g/mol. The van der Waals surface area contributed by atoms with Crippen molar-refractivity contribution in [1.82, 2.24) is 5.43 Å². The van der Waals surface area contributed by atoms with E-state index in [1.54, 1.807) is 49.4 Å². The van der Waals surface area contributed by atoms with E-state index in [1.165, 1.54) is 18.3 Å². The Morgan fingerprint density at radius 2 is 1.76 bits per heavy atom. The van der Waals surface area contributed by atoms with Crippen molar-refractivity contribution in [2.24, 2.45) is 5.10 Å². The van der Waals surface area contributed by atoms with Crippen molar-refractivity contribution in [3.05, 3.63) is 81.0 Å². The molecule has 0 aromatic heterocycles. The molecule has 0 saturated carbocycles. The summed E-state index contributed by atoms with van der Waals surface area (Å²) in [5.74, 6) is -0.946. The van der Waals surface area contributed by atoms with Crippen LogP contribution in [0.1, 0.15) is 25.0 Å². The number of nitrogens with zero attached hydrogens (tertiary/aromatic N) is 1. The van der Waals surface area contributed by atoms with Crippen molar-refractivity contribution in [3.63, 3.8) is 0 Å². The third-order valence-electron chi connectivity index (χ3n) is 4.76. The molecule has 0 heterocycles. The Labute approximate surface area is 226 Å². The topological polar surface area (TPSA) is 98.2 Å². The molecular formula is C26H24BrClFN3O5. The quantitative estimate of drug-likeness (QED) is 0.179. The first-order valence-electron chi connectivity index (χ1n) is 11.2. The maximum absolute atomic E-state index is 14.1. The fourth-order valence-corrected chi connectivity index (χ4v) is 3.88. The van der Waals surface area contributed by atoms with Crippen LogP contribution in [0.4, 0.5) is 10.1 Å². The number of rotatable bonds is 10. The molecule has 37 heavy (non-hydrogen) atoms. The Bertz CT molecular complexity index is 1270. The second kappa shape index (κ2) is 13.6. The Hall–Kier alpha value is -3.63. The fourth-order valence-electron chi connectivity index (χ4n) is 3.09. The van der Waals surface area contributed by atoms with Crippen LogP contribution in [-0.4, -0.2) is 31.2 Å². The molecule has 0 unspecified atom stereocenters. The summed E-state index contributed by atoms with van der Waals surface area (Å²) >= 11 is 9.50. The van der Waals surface area contributed by atoms with Gasteiger partial charge in [-0.25, -0.2) is 9.82 Å². The van der Waals surface area contributed by atoms with Gasteiger partial charge in [-0.15, -0.1) is 0 Å². The molecule has 3 rings (SSSR count). The summed E-state index contributed by atoms with van der Waals surface area (Å²) in [6.07, 6.45) is 1.34. The van der Waals surface area contributed by atoms with Gasteiger partial charge in [0.2, 0.25) is 0 Å². The zero-order valence-electron chi connectivity index (χ0n) is 20.0. The maximum Gasteiger partial charge on any atom is 0.329 e. The summed E-state index contributed by atoms with van der Waals surface area (Å²) in [5, 5.41) is 6.57. The molecule has 8 nitrogen and oxygen atoms in total. The third kappa shape index (κ3) is 7.93. The lowest BCUT2D eigenvalue weighted by Crippen LogP contribution is -2.32. The number of hydrogen-bond donors (Lipinski definition) is 2. The Morgan fingerprint density at radius 1 is 1.03 bits per heavy atom. The highest BCUT2D eigenvalue weighted by atomic mass is 79.9. The number of hydrogen-bond acceptors (Lipinski definition) is 6. The molecule has 2 N–H and O–H groups in total. The minimum absolute atomic E-state index is 0.114. The first-order valence-corrected chi connectivity index (χ1v) is 12.4. The minimum Gasteiger partial charge on any atom is -0.494 e. The molecule has 0 aliphatic heterocycles. The Kier molecular flexibility index (Phi) is 10.3. The molecule has 194 valence electrons. The van der Waals surface area contributed by atoms with Crippen molar-refractivity contribution in [3.8, 4) is 17.2 Å². The van der Waals surface area contributed by atoms with Crippen molar-refractivity contribution < 1.29 is 28.2 Å². The zero-order valence-corrected chi connectivity index (χ0v) is 22.4. The maximum atomic E-state index is 14.1. The summed E-state index contributed by atoms with van der Waals surface area (Å²) in [6, 6.07) is 14.3. The Balaban J connectivity index is 1.64. The molecule has 3 aromatic carbocycles. The second-order valence-corrected chi connectivity index (χ2v) is 8.62. The number of ether oxygens (including phenoxy) is 3. The number of halogens is 3.